The van der Waals surface area contributed by atoms with E-state index in [0.29, 0.717) is 11.1 Å². The summed E-state index contributed by atoms with van der Waals surface area (Å²) in [6, 6.07) is 8.76. The van der Waals surface area contributed by atoms with Crippen molar-refractivity contribution in [1.82, 2.24) is 4.72 Å². The maximum Gasteiger partial charge on any atom is 0.240 e. The van der Waals surface area contributed by atoms with Gasteiger partial charge in [0.1, 0.15) is 11.6 Å². The van der Waals surface area contributed by atoms with Gasteiger partial charge in [-0.3, -0.25) is 0 Å². The number of benzene rings is 2. The average molecular weight is 341 g/mol. The summed E-state index contributed by atoms with van der Waals surface area (Å²) in [6.07, 6.45) is -0.780. The Morgan fingerprint density at radius 1 is 1.09 bits per heavy atom. The molecule has 0 saturated heterocycles. The molecule has 0 radical (unpaired) electrons. The number of aliphatic hydroxyl groups excluding tert-OH is 1. The maximum atomic E-state index is 13.0. The number of hydrogen-bond donors (Lipinski definition) is 2. The molecule has 124 valence electrons. The molecule has 23 heavy (non-hydrogen) atoms. The number of halogens is 2. The Labute approximate surface area is 133 Å². The quantitative estimate of drug-likeness (QED) is 0.849. The molecule has 0 fully saturated rings. The fourth-order valence-corrected chi connectivity index (χ4v) is 3.45. The van der Waals surface area contributed by atoms with Gasteiger partial charge < -0.3 is 5.11 Å². The zero-order chi connectivity index (χ0) is 17.0. The van der Waals surface area contributed by atoms with Crippen LogP contribution < -0.4 is 4.72 Å². The molecule has 0 spiro atoms. The number of sulfonamides is 1. The van der Waals surface area contributed by atoms with Gasteiger partial charge in [-0.25, -0.2) is 21.9 Å². The maximum absolute atomic E-state index is 13.0. The second-order valence-electron chi connectivity index (χ2n) is 5.16. The third-order valence-corrected chi connectivity index (χ3v) is 5.01. The van der Waals surface area contributed by atoms with E-state index in [9.17, 15) is 22.3 Å². The summed E-state index contributed by atoms with van der Waals surface area (Å²) in [5.74, 6) is -0.915. The second kappa shape index (κ2) is 7.16. The highest BCUT2D eigenvalue weighted by Crippen LogP contribution is 2.18. The van der Waals surface area contributed by atoms with E-state index >= 15 is 0 Å². The van der Waals surface area contributed by atoms with Crippen LogP contribution in [0.3, 0.4) is 0 Å². The van der Waals surface area contributed by atoms with Crippen LogP contribution in [-0.4, -0.2) is 20.1 Å². The Kier molecular flexibility index (Phi) is 5.46. The number of hydrogen-bond acceptors (Lipinski definition) is 3. The third-order valence-electron chi connectivity index (χ3n) is 3.39. The Morgan fingerprint density at radius 2 is 1.70 bits per heavy atom. The van der Waals surface area contributed by atoms with Gasteiger partial charge in [-0.1, -0.05) is 12.1 Å². The number of rotatable bonds is 6. The molecule has 7 heteroatoms. The molecule has 2 aromatic carbocycles. The molecule has 4 nitrogen and oxygen atoms in total. The zero-order valence-electron chi connectivity index (χ0n) is 12.5. The van der Waals surface area contributed by atoms with Crippen LogP contribution in [-0.2, 0) is 10.0 Å². The van der Waals surface area contributed by atoms with E-state index in [0.717, 1.165) is 12.1 Å². The van der Waals surface area contributed by atoms with Gasteiger partial charge in [-0.2, -0.15) is 0 Å². The lowest BCUT2D eigenvalue weighted by Crippen LogP contribution is -2.26. The van der Waals surface area contributed by atoms with Gasteiger partial charge in [0, 0.05) is 6.54 Å². The Morgan fingerprint density at radius 3 is 2.30 bits per heavy atom. The summed E-state index contributed by atoms with van der Waals surface area (Å²) in [6.45, 7) is 1.50. The Hall–Kier alpha value is -1.83. The highest BCUT2D eigenvalue weighted by Gasteiger charge is 2.17. The predicted molar refractivity (Wildman–Crippen MR) is 82.3 cm³/mol. The van der Waals surface area contributed by atoms with E-state index in [2.05, 4.69) is 4.72 Å². The van der Waals surface area contributed by atoms with Gasteiger partial charge in [0.2, 0.25) is 10.0 Å². The fourth-order valence-electron chi connectivity index (χ4n) is 2.17. The van der Waals surface area contributed by atoms with Gasteiger partial charge in [-0.15, -0.1) is 0 Å². The minimum absolute atomic E-state index is 0.00229. The first-order chi connectivity index (χ1) is 10.8. The largest absolute Gasteiger partial charge is 0.388 e. The lowest BCUT2D eigenvalue weighted by atomic mass is 10.1. The first-order valence-corrected chi connectivity index (χ1v) is 8.47. The van der Waals surface area contributed by atoms with E-state index in [1.165, 1.54) is 37.3 Å². The summed E-state index contributed by atoms with van der Waals surface area (Å²) < 4.78 is 52.5. The van der Waals surface area contributed by atoms with Crippen molar-refractivity contribution in [1.29, 1.82) is 0 Å². The summed E-state index contributed by atoms with van der Waals surface area (Å²) in [4.78, 5) is -0.00447. The van der Waals surface area contributed by atoms with E-state index in [1.807, 2.05) is 0 Å². The summed E-state index contributed by atoms with van der Waals surface area (Å²) in [5, 5.41) is 9.96. The molecule has 1 unspecified atom stereocenters. The van der Waals surface area contributed by atoms with Gasteiger partial charge >= 0.3 is 0 Å². The summed E-state index contributed by atoms with van der Waals surface area (Å²) in [7, 11) is -3.78. The van der Waals surface area contributed by atoms with Crippen LogP contribution in [0.4, 0.5) is 8.78 Å². The van der Waals surface area contributed by atoms with Crippen LogP contribution in [0, 0.1) is 18.6 Å². The third kappa shape index (κ3) is 4.57. The molecule has 0 aliphatic carbocycles. The molecule has 1 atom stereocenters. The SMILES string of the molecule is Cc1cc(F)ccc1S(=O)(=O)NCCC(O)c1ccc(F)cc1. The molecular formula is C16H17F2NO3S. The van der Waals surface area contributed by atoms with Crippen LogP contribution in [0.25, 0.3) is 0 Å². The van der Waals surface area contributed by atoms with Gasteiger partial charge in [-0.05, 0) is 54.8 Å². The van der Waals surface area contributed by atoms with Crippen molar-refractivity contribution in [2.45, 2.75) is 24.3 Å². The summed E-state index contributed by atoms with van der Waals surface area (Å²) >= 11 is 0. The summed E-state index contributed by atoms with van der Waals surface area (Å²) in [5.41, 5.74) is 0.806. The van der Waals surface area contributed by atoms with Gasteiger partial charge in [0.25, 0.3) is 0 Å². The van der Waals surface area contributed by atoms with E-state index in [1.54, 1.807) is 0 Å². The van der Waals surface area contributed by atoms with Crippen molar-refractivity contribution in [2.24, 2.45) is 0 Å². The normalized spacial score (nSPS) is 13.0. The van der Waals surface area contributed by atoms with Crippen molar-refractivity contribution in [3.63, 3.8) is 0 Å². The van der Waals surface area contributed by atoms with Crippen LogP contribution in [0.2, 0.25) is 0 Å². The number of aryl methyl sites for hydroxylation is 1. The lowest BCUT2D eigenvalue weighted by molar-refractivity contribution is 0.169. The highest BCUT2D eigenvalue weighted by molar-refractivity contribution is 7.89. The minimum atomic E-state index is -3.78. The number of aliphatic hydroxyl groups is 1. The highest BCUT2D eigenvalue weighted by atomic mass is 32.2. The lowest BCUT2D eigenvalue weighted by Gasteiger charge is -2.13. The molecule has 0 amide bonds. The molecule has 0 aromatic heterocycles. The van der Waals surface area contributed by atoms with E-state index in [-0.39, 0.29) is 17.9 Å². The van der Waals surface area contributed by atoms with Crippen molar-refractivity contribution in [2.75, 3.05) is 6.54 Å². The van der Waals surface area contributed by atoms with Gasteiger partial charge in [0.05, 0.1) is 11.0 Å². The van der Waals surface area contributed by atoms with Crippen LogP contribution in [0.1, 0.15) is 23.7 Å². The van der Waals surface area contributed by atoms with Crippen molar-refractivity contribution >= 4 is 10.0 Å². The molecular weight excluding hydrogens is 324 g/mol. The van der Waals surface area contributed by atoms with Gasteiger partial charge in [0.15, 0.2) is 0 Å². The molecule has 0 heterocycles. The average Bonchev–Trinajstić information content (AvgIpc) is 2.47. The van der Waals surface area contributed by atoms with Crippen molar-refractivity contribution in [3.8, 4) is 0 Å². The first kappa shape index (κ1) is 17.5. The molecule has 2 N–H and O–H groups in total. The smallest absolute Gasteiger partial charge is 0.240 e. The molecule has 0 saturated carbocycles. The minimum Gasteiger partial charge on any atom is -0.388 e. The Bertz CT molecular complexity index is 776. The van der Waals surface area contributed by atoms with Crippen LogP contribution in [0.15, 0.2) is 47.4 Å². The van der Waals surface area contributed by atoms with Crippen LogP contribution in [0.5, 0.6) is 0 Å². The van der Waals surface area contributed by atoms with Crippen LogP contribution >= 0.6 is 0 Å². The molecule has 0 aliphatic rings. The Balaban J connectivity index is 1.98. The predicted octanol–water partition coefficient (Wildman–Crippen LogP) is 2.68. The zero-order valence-corrected chi connectivity index (χ0v) is 13.3. The van der Waals surface area contributed by atoms with E-state index < -0.39 is 27.8 Å². The van der Waals surface area contributed by atoms with E-state index in [4.69, 9.17) is 0 Å². The second-order valence-corrected chi connectivity index (χ2v) is 6.90. The molecule has 2 aromatic rings. The first-order valence-electron chi connectivity index (χ1n) is 6.99. The topological polar surface area (TPSA) is 66.4 Å². The van der Waals surface area contributed by atoms with Crippen molar-refractivity contribution < 1.29 is 22.3 Å². The standard InChI is InChI=1S/C16H17F2NO3S/c1-11-10-14(18)6-7-16(11)23(21,22)19-9-8-15(20)12-2-4-13(17)5-3-12/h2-7,10,15,19-20H,8-9H2,1H3. The molecule has 0 bridgehead atoms. The number of nitrogens with one attached hydrogen (secondary N) is 1. The molecule has 0 aliphatic heterocycles. The fraction of sp³-hybridized carbons (Fsp3) is 0.250. The monoisotopic (exact) mass is 341 g/mol. The van der Waals surface area contributed by atoms with Crippen molar-refractivity contribution in [3.05, 3.63) is 65.2 Å². The molecule has 2 rings (SSSR count).